The number of hydrogen-bond acceptors (Lipinski definition) is 1. The van der Waals surface area contributed by atoms with Crippen LogP contribution < -0.4 is 0 Å². The molecule has 28 valence electrons. The van der Waals surface area contributed by atoms with Crippen molar-refractivity contribution in [2.75, 3.05) is 6.26 Å². The van der Waals surface area contributed by atoms with Crippen molar-refractivity contribution in [3.8, 4) is 0 Å². The van der Waals surface area contributed by atoms with Crippen LogP contribution in [0.5, 0.6) is 0 Å². The second-order valence-corrected chi connectivity index (χ2v) is 0. The van der Waals surface area contributed by atoms with Gasteiger partial charge < -0.3 is 20.1 Å². The van der Waals surface area contributed by atoms with Crippen LogP contribution in [0.25, 0.3) is 0 Å². The molecule has 0 bridgehead atoms. The molecule has 0 saturated heterocycles. The van der Waals surface area contributed by atoms with E-state index in [1.807, 2.05) is 0 Å². The van der Waals surface area contributed by atoms with Gasteiger partial charge in [-0.1, -0.05) is 0 Å². The standard InChI is InChI=1S/CH4S.CH3.Fe/c1-2;;/h2H,1H3;1H3;/q;-1;+2/p-1. The SMILES string of the molecule is C[S-].[CH3-].[Fe+2]. The summed E-state index contributed by atoms with van der Waals surface area (Å²) in [5, 5.41) is 0. The van der Waals surface area contributed by atoms with Gasteiger partial charge in [0.1, 0.15) is 0 Å². The van der Waals surface area contributed by atoms with Gasteiger partial charge in [-0.2, -0.15) is 6.26 Å². The first kappa shape index (κ1) is 20.9. The monoisotopic (exact) mass is 118 g/mol. The predicted octanol–water partition coefficient (Wildman–Crippen LogP) is 0.611. The first-order valence-electron chi connectivity index (χ1n) is 0.408. The van der Waals surface area contributed by atoms with Gasteiger partial charge in [0.05, 0.1) is 0 Å². The minimum Gasteiger partial charge on any atom is -0.796 e. The Morgan fingerprint density at radius 1 is 1.25 bits per heavy atom. The Balaban J connectivity index is -0.00000000500. The summed E-state index contributed by atoms with van der Waals surface area (Å²) < 4.78 is 0. The molecule has 0 amide bonds. The molecular formula is C2H6FeS. The molecule has 0 atom stereocenters. The summed E-state index contributed by atoms with van der Waals surface area (Å²) in [5.41, 5.74) is 0. The molecule has 0 radical (unpaired) electrons. The average molecular weight is 118 g/mol. The Labute approximate surface area is 43.9 Å². The predicted molar refractivity (Wildman–Crippen MR) is 19.7 cm³/mol. The van der Waals surface area contributed by atoms with E-state index in [1.54, 1.807) is 6.26 Å². The summed E-state index contributed by atoms with van der Waals surface area (Å²) in [4.78, 5) is 0. The van der Waals surface area contributed by atoms with Gasteiger partial charge in [0.2, 0.25) is 0 Å². The van der Waals surface area contributed by atoms with Crippen molar-refractivity contribution in [1.29, 1.82) is 0 Å². The smallest absolute Gasteiger partial charge is 0.796 e. The van der Waals surface area contributed by atoms with Crippen molar-refractivity contribution in [3.63, 3.8) is 0 Å². The maximum atomic E-state index is 4.08. The van der Waals surface area contributed by atoms with Gasteiger partial charge in [0.25, 0.3) is 0 Å². The molecule has 0 aromatic carbocycles. The third-order valence-electron chi connectivity index (χ3n) is 0. The molecule has 0 N–H and O–H groups in total. The molecule has 0 aliphatic rings. The summed E-state index contributed by atoms with van der Waals surface area (Å²) in [6.07, 6.45) is 1.58. The third-order valence-corrected chi connectivity index (χ3v) is 0. The summed E-state index contributed by atoms with van der Waals surface area (Å²) in [6.45, 7) is 0. The first-order chi connectivity index (χ1) is 1.00. The van der Waals surface area contributed by atoms with E-state index in [2.05, 4.69) is 12.6 Å². The van der Waals surface area contributed by atoms with Crippen LogP contribution in [0.4, 0.5) is 0 Å². The molecule has 0 aliphatic carbocycles. The molecule has 0 nitrogen and oxygen atoms in total. The maximum absolute atomic E-state index is 4.08. The zero-order chi connectivity index (χ0) is 2.00. The molecular weight excluding hydrogens is 112 g/mol. The van der Waals surface area contributed by atoms with E-state index < -0.39 is 0 Å². The Kier molecular flexibility index (Phi) is 220. The molecule has 0 saturated carbocycles. The van der Waals surface area contributed by atoms with Gasteiger partial charge >= 0.3 is 17.1 Å². The Bertz CT molecular complexity index is 6.00. The van der Waals surface area contributed by atoms with E-state index in [0.717, 1.165) is 0 Å². The Morgan fingerprint density at radius 3 is 1.25 bits per heavy atom. The normalized spacial score (nSPS) is 1.50. The number of hydrogen-bond donors (Lipinski definition) is 0. The van der Waals surface area contributed by atoms with E-state index in [9.17, 15) is 0 Å². The molecule has 0 spiro atoms. The van der Waals surface area contributed by atoms with Crippen molar-refractivity contribution in [2.45, 2.75) is 0 Å². The summed E-state index contributed by atoms with van der Waals surface area (Å²) >= 11 is 4.08. The average Bonchev–Trinajstić information content (AvgIpc) is 1.00. The number of rotatable bonds is 0. The van der Waals surface area contributed by atoms with Gasteiger partial charge in [-0.05, 0) is 0 Å². The maximum Gasteiger partial charge on any atom is 2.00 e. The molecule has 2 heteroatoms. The molecule has 0 unspecified atom stereocenters. The molecule has 0 aliphatic heterocycles. The fraction of sp³-hybridized carbons (Fsp3) is 0.500. The van der Waals surface area contributed by atoms with E-state index >= 15 is 0 Å². The molecule has 0 aromatic heterocycles. The van der Waals surface area contributed by atoms with E-state index in [-0.39, 0.29) is 24.5 Å². The largest absolute Gasteiger partial charge is 2.00 e. The molecule has 4 heavy (non-hydrogen) atoms. The van der Waals surface area contributed by atoms with Gasteiger partial charge in [-0.15, -0.1) is 0 Å². The zero-order valence-corrected chi connectivity index (χ0v) is 4.68. The molecule has 0 aromatic rings. The van der Waals surface area contributed by atoms with Crippen molar-refractivity contribution >= 4 is 12.6 Å². The Morgan fingerprint density at radius 2 is 1.25 bits per heavy atom. The van der Waals surface area contributed by atoms with Crippen LogP contribution in [-0.4, -0.2) is 6.26 Å². The zero-order valence-electron chi connectivity index (χ0n) is 2.76. The second kappa shape index (κ2) is 42.1. The molecule has 0 heterocycles. The fourth-order valence-electron chi connectivity index (χ4n) is 0. The summed E-state index contributed by atoms with van der Waals surface area (Å²) in [6, 6.07) is 0. The third kappa shape index (κ3) is 13.3. The molecule has 0 fully saturated rings. The van der Waals surface area contributed by atoms with Crippen LogP contribution in [0.15, 0.2) is 0 Å². The molecule has 0 rings (SSSR count). The van der Waals surface area contributed by atoms with Crippen LogP contribution in [-0.2, 0) is 29.7 Å². The van der Waals surface area contributed by atoms with Crippen molar-refractivity contribution in [1.82, 2.24) is 0 Å². The van der Waals surface area contributed by atoms with Crippen LogP contribution in [0.2, 0.25) is 0 Å². The van der Waals surface area contributed by atoms with Crippen LogP contribution in [0.3, 0.4) is 0 Å². The van der Waals surface area contributed by atoms with Gasteiger partial charge in [0.15, 0.2) is 0 Å². The first-order valence-corrected chi connectivity index (χ1v) is 1.22. The van der Waals surface area contributed by atoms with Crippen molar-refractivity contribution in [2.24, 2.45) is 0 Å². The van der Waals surface area contributed by atoms with E-state index in [1.165, 1.54) is 0 Å². The van der Waals surface area contributed by atoms with Crippen molar-refractivity contribution in [3.05, 3.63) is 7.43 Å². The quantitative estimate of drug-likeness (QED) is 0.255. The minimum atomic E-state index is 0. The van der Waals surface area contributed by atoms with Gasteiger partial charge in [-0.25, -0.2) is 0 Å². The van der Waals surface area contributed by atoms with Crippen LogP contribution >= 0.6 is 0 Å². The fourth-order valence-corrected chi connectivity index (χ4v) is 0. The van der Waals surface area contributed by atoms with Crippen molar-refractivity contribution < 1.29 is 17.1 Å². The topological polar surface area (TPSA) is 0 Å². The summed E-state index contributed by atoms with van der Waals surface area (Å²) in [7, 11) is 0. The van der Waals surface area contributed by atoms with Crippen LogP contribution in [0, 0.1) is 7.43 Å². The minimum absolute atomic E-state index is 0. The second-order valence-electron chi connectivity index (χ2n) is 0. The van der Waals surface area contributed by atoms with Crippen LogP contribution in [0.1, 0.15) is 0 Å². The van der Waals surface area contributed by atoms with Gasteiger partial charge in [-0.3, -0.25) is 0 Å². The van der Waals surface area contributed by atoms with E-state index in [0.29, 0.717) is 0 Å². The van der Waals surface area contributed by atoms with E-state index in [4.69, 9.17) is 0 Å². The van der Waals surface area contributed by atoms with Gasteiger partial charge in [0, 0.05) is 0 Å². The summed E-state index contributed by atoms with van der Waals surface area (Å²) in [5.74, 6) is 0. The Hall–Kier alpha value is 0.869.